The smallest absolute Gasteiger partial charge is 0.404 e. The fourth-order valence-corrected chi connectivity index (χ4v) is 11.0. The predicted molar refractivity (Wildman–Crippen MR) is 229 cm³/mol. The minimum absolute atomic E-state index is 0.0330. The number of unbranched alkanes of at least 4 members (excludes halogenated alkanes) is 5. The van der Waals surface area contributed by atoms with Crippen LogP contribution < -0.4 is 21.8 Å². The van der Waals surface area contributed by atoms with Gasteiger partial charge < -0.3 is 25.7 Å². The zero-order valence-corrected chi connectivity index (χ0v) is 36.4. The number of fused-ring (bicyclic) bond motifs is 1. The Morgan fingerprint density at radius 1 is 0.950 bits per heavy atom. The third-order valence-electron chi connectivity index (χ3n) is 14.5. The highest BCUT2D eigenvalue weighted by atomic mass is 16.7. The van der Waals surface area contributed by atoms with E-state index in [0.29, 0.717) is 42.3 Å². The highest BCUT2D eigenvalue weighted by Gasteiger charge is 2.68. The van der Waals surface area contributed by atoms with Crippen molar-refractivity contribution < 1.29 is 33.5 Å². The number of nitrogens with zero attached hydrogens (tertiary/aromatic N) is 3. The van der Waals surface area contributed by atoms with Gasteiger partial charge in [0.1, 0.15) is 6.04 Å². The maximum atomic E-state index is 14.3. The Balaban J connectivity index is 1.04. The molecular weight excluding hydrogens is 765 g/mol. The number of carbonyl (C=O) groups excluding carboxylic acids is 4. The van der Waals surface area contributed by atoms with E-state index in [1.165, 1.54) is 4.90 Å². The third-order valence-corrected chi connectivity index (χ3v) is 14.5. The molecule has 4 amide bonds. The molecule has 1 saturated heterocycles. The molecule has 7 rings (SSSR count). The van der Waals surface area contributed by atoms with Crippen molar-refractivity contribution in [2.75, 3.05) is 13.1 Å². The van der Waals surface area contributed by atoms with Crippen molar-refractivity contribution in [1.29, 1.82) is 0 Å². The fraction of sp³-hybridized carbons (Fsp3) is 0.750. The molecule has 4 saturated carbocycles. The van der Waals surface area contributed by atoms with Gasteiger partial charge in [-0.1, -0.05) is 90.2 Å². The fourth-order valence-electron chi connectivity index (χ4n) is 11.0. The van der Waals surface area contributed by atoms with Gasteiger partial charge in [-0.25, -0.2) is 15.1 Å². The van der Waals surface area contributed by atoms with Crippen LogP contribution in [0.3, 0.4) is 0 Å². The number of hydrogen-bond donors (Lipinski definition) is 4. The summed E-state index contributed by atoms with van der Waals surface area (Å²) in [5.74, 6) is -0.351. The lowest BCUT2D eigenvalue weighted by Crippen LogP contribution is -2.65. The van der Waals surface area contributed by atoms with Crippen LogP contribution in [0.15, 0.2) is 29.3 Å². The van der Waals surface area contributed by atoms with E-state index < -0.39 is 29.7 Å². The van der Waals surface area contributed by atoms with E-state index in [1.54, 1.807) is 24.3 Å². The van der Waals surface area contributed by atoms with Crippen LogP contribution in [-0.2, 0) is 18.9 Å². The topological polar surface area (TPSA) is 208 Å². The molecule has 60 heavy (non-hydrogen) atoms. The molecule has 0 aromatic heterocycles. The van der Waals surface area contributed by atoms with Gasteiger partial charge in [0, 0.05) is 19.0 Å². The van der Waals surface area contributed by atoms with Gasteiger partial charge in [0.25, 0.3) is 17.8 Å². The van der Waals surface area contributed by atoms with Crippen LogP contribution in [0, 0.1) is 45.1 Å². The lowest BCUT2D eigenvalue weighted by Gasteiger charge is -2.64. The Kier molecular flexibility index (Phi) is 15.0. The molecule has 4 aliphatic carbocycles. The molecule has 2 bridgehead atoms. The molecule has 6 aliphatic rings. The standard InChI is InChI=1S/C44H68BN7O8/c1-28(2)25-37(45-59-36-27-30-26-35(43(30,3)4)44(36,5)60-45)49-39(54)34(22-16-23-47-42(46)50-52(57)58)48-38(53)31(29-17-11-12-18-29)19-10-8-6-7-9-15-24-51-40(55)32-20-13-14-21-33(32)41(51)56/h13-14,20-21,28-31,34-37H,6-12,15-19,22-27H2,1-5H3,(H,48,53)(H,49,54)(H3,46,47,50)/t30?,31?,34-,35?,36+,37-,44-/m0/s1. The van der Waals surface area contributed by atoms with Crippen LogP contribution in [0.1, 0.15) is 158 Å². The summed E-state index contributed by atoms with van der Waals surface area (Å²) in [7, 11) is -0.607. The first-order valence-corrected chi connectivity index (χ1v) is 22.7. The normalized spacial score (nSPS) is 26.0. The molecule has 330 valence electrons. The van der Waals surface area contributed by atoms with Crippen molar-refractivity contribution in [3.8, 4) is 0 Å². The molecule has 2 aliphatic heterocycles. The van der Waals surface area contributed by atoms with E-state index in [1.807, 2.05) is 5.43 Å². The number of nitro groups is 1. The van der Waals surface area contributed by atoms with Crippen LogP contribution in [0.25, 0.3) is 0 Å². The SMILES string of the molecule is CC(C)C[C@H](NC(=O)[C@H](CCCN=C(N)N[N+](=O)[O-])NC(=O)C(CCCCCCCCN1C(=O)c2ccccc2C1=O)C1CCCC1)B1O[C@@H]2CC3CC(C3(C)C)[C@]2(C)O1. The molecular formula is C44H68BN7O8. The monoisotopic (exact) mass is 834 g/mol. The number of imide groups is 1. The second-order valence-electron chi connectivity index (χ2n) is 19.3. The summed E-state index contributed by atoms with van der Waals surface area (Å²) in [6.07, 6.45) is 13.6. The highest BCUT2D eigenvalue weighted by Crippen LogP contribution is 2.65. The summed E-state index contributed by atoms with van der Waals surface area (Å²) in [5.41, 5.74) is 8.21. The predicted octanol–water partition coefficient (Wildman–Crippen LogP) is 5.98. The summed E-state index contributed by atoms with van der Waals surface area (Å²) >= 11 is 0. The van der Waals surface area contributed by atoms with E-state index in [-0.39, 0.29) is 71.8 Å². The van der Waals surface area contributed by atoms with Gasteiger partial charge in [0.2, 0.25) is 11.8 Å². The molecule has 16 heteroatoms. The van der Waals surface area contributed by atoms with Gasteiger partial charge in [0.15, 0.2) is 5.03 Å². The zero-order valence-electron chi connectivity index (χ0n) is 36.4. The van der Waals surface area contributed by atoms with E-state index in [0.717, 1.165) is 83.5 Å². The molecule has 5 fully saturated rings. The number of amides is 4. The second kappa shape index (κ2) is 19.8. The number of aliphatic imine (C=N–C) groups is 1. The van der Waals surface area contributed by atoms with Crippen molar-refractivity contribution in [3.63, 3.8) is 0 Å². The Bertz CT molecular complexity index is 1720. The number of nitrogens with two attached hydrogens (primary N) is 1. The van der Waals surface area contributed by atoms with E-state index >= 15 is 0 Å². The molecule has 15 nitrogen and oxygen atoms in total. The van der Waals surface area contributed by atoms with E-state index in [4.69, 9.17) is 15.0 Å². The summed E-state index contributed by atoms with van der Waals surface area (Å²) in [5, 5.41) is 16.5. The maximum absolute atomic E-state index is 14.3. The number of nitrogens with one attached hydrogen (secondary N) is 3. The van der Waals surface area contributed by atoms with Gasteiger partial charge in [-0.3, -0.25) is 24.1 Å². The molecule has 1 aromatic carbocycles. The Labute approximate surface area is 355 Å². The number of benzene rings is 1. The van der Waals surface area contributed by atoms with Gasteiger partial charge in [0.05, 0.1) is 28.8 Å². The summed E-state index contributed by atoms with van der Waals surface area (Å²) < 4.78 is 13.4. The first kappa shape index (κ1) is 45.5. The highest BCUT2D eigenvalue weighted by molar-refractivity contribution is 6.48. The van der Waals surface area contributed by atoms with Gasteiger partial charge in [-0.2, -0.15) is 0 Å². The minimum Gasteiger partial charge on any atom is -0.404 e. The van der Waals surface area contributed by atoms with Gasteiger partial charge in [-0.15, -0.1) is 0 Å². The molecule has 0 radical (unpaired) electrons. The third kappa shape index (κ3) is 10.3. The number of hydrogen-bond acceptors (Lipinski definition) is 9. The van der Waals surface area contributed by atoms with Crippen LogP contribution in [0.2, 0.25) is 0 Å². The lowest BCUT2D eigenvalue weighted by molar-refractivity contribution is -0.525. The van der Waals surface area contributed by atoms with Crippen molar-refractivity contribution in [3.05, 3.63) is 45.5 Å². The number of rotatable bonds is 22. The number of carbonyl (C=O) groups is 4. The summed E-state index contributed by atoms with van der Waals surface area (Å²) in [6, 6.07) is 6.11. The average molecular weight is 834 g/mol. The van der Waals surface area contributed by atoms with Crippen molar-refractivity contribution >= 4 is 36.7 Å². The number of hydrazine groups is 1. The summed E-state index contributed by atoms with van der Waals surface area (Å²) in [4.78, 5) is 70.2. The summed E-state index contributed by atoms with van der Waals surface area (Å²) in [6.45, 7) is 11.6. The first-order valence-electron chi connectivity index (χ1n) is 22.7. The van der Waals surface area contributed by atoms with Crippen LogP contribution in [0.4, 0.5) is 0 Å². The van der Waals surface area contributed by atoms with Crippen molar-refractivity contribution in [2.24, 2.45) is 45.7 Å². The quantitative estimate of drug-likeness (QED) is 0.0205. The largest absolute Gasteiger partial charge is 0.481 e. The van der Waals surface area contributed by atoms with E-state index in [2.05, 4.69) is 50.2 Å². The van der Waals surface area contributed by atoms with E-state index in [9.17, 15) is 29.3 Å². The Hall–Kier alpha value is -4.05. The van der Waals surface area contributed by atoms with Crippen LogP contribution in [-0.4, -0.2) is 83.4 Å². The molecule has 0 spiro atoms. The average Bonchev–Trinajstić information content (AvgIpc) is 3.91. The maximum Gasteiger partial charge on any atom is 0.481 e. The van der Waals surface area contributed by atoms with Crippen molar-refractivity contribution in [1.82, 2.24) is 21.0 Å². The molecule has 1 aromatic rings. The molecule has 3 unspecified atom stereocenters. The molecule has 2 heterocycles. The molecule has 5 N–H and O–H groups in total. The van der Waals surface area contributed by atoms with Crippen LogP contribution >= 0.6 is 0 Å². The first-order chi connectivity index (χ1) is 28.6. The Morgan fingerprint density at radius 2 is 1.60 bits per heavy atom. The van der Waals surface area contributed by atoms with Gasteiger partial charge in [-0.05, 0) is 106 Å². The van der Waals surface area contributed by atoms with Gasteiger partial charge >= 0.3 is 7.12 Å². The zero-order chi connectivity index (χ0) is 43.2. The lowest BCUT2D eigenvalue weighted by atomic mass is 9.43. The van der Waals surface area contributed by atoms with Crippen LogP contribution in [0.5, 0.6) is 0 Å². The minimum atomic E-state index is -0.857. The Morgan fingerprint density at radius 3 is 2.23 bits per heavy atom. The number of guanidine groups is 1. The second-order valence-corrected chi connectivity index (χ2v) is 19.3. The molecule has 7 atom stereocenters. The van der Waals surface area contributed by atoms with Crippen molar-refractivity contribution in [2.45, 2.75) is 161 Å².